The van der Waals surface area contributed by atoms with Gasteiger partial charge in [0.15, 0.2) is 0 Å². The van der Waals surface area contributed by atoms with E-state index < -0.39 is 14.9 Å². The van der Waals surface area contributed by atoms with Gasteiger partial charge in [0.05, 0.1) is 41.8 Å². The van der Waals surface area contributed by atoms with Crippen molar-refractivity contribution in [2.45, 2.75) is 17.9 Å². The molecule has 2 heterocycles. The van der Waals surface area contributed by atoms with Gasteiger partial charge in [0.25, 0.3) is 5.69 Å². The number of hydrogen-bond donors (Lipinski definition) is 0. The molecule has 0 radical (unpaired) electrons. The quantitative estimate of drug-likeness (QED) is 0.443. The molecule has 0 spiro atoms. The number of para-hydroxylation sites is 2. The zero-order valence-corrected chi connectivity index (χ0v) is 19.5. The smallest absolute Gasteiger partial charge is 0.293 e. The molecule has 0 amide bonds. The van der Waals surface area contributed by atoms with Crippen molar-refractivity contribution in [3.05, 3.63) is 52.6 Å². The highest BCUT2D eigenvalue weighted by atomic mass is 32.2. The van der Waals surface area contributed by atoms with Crippen LogP contribution in [-0.4, -0.2) is 76.7 Å². The van der Waals surface area contributed by atoms with Crippen molar-refractivity contribution >= 4 is 27.1 Å². The molecule has 178 valence electrons. The summed E-state index contributed by atoms with van der Waals surface area (Å²) in [7, 11) is -2.08. The molecule has 1 unspecified atom stereocenters. The molecule has 2 aliphatic heterocycles. The van der Waals surface area contributed by atoms with Gasteiger partial charge in [0.2, 0.25) is 10.0 Å². The number of nitro benzene ring substituents is 1. The highest BCUT2D eigenvalue weighted by molar-refractivity contribution is 7.89. The molecule has 0 aliphatic carbocycles. The second-order valence-corrected chi connectivity index (χ2v) is 9.99. The SMILES string of the molecule is CCN1CC(CN(C)c2ccc(S(=O)(=O)N3CCOCC3)cc2[N+](=O)[O-])Oc2ccccc21. The van der Waals surface area contributed by atoms with Gasteiger partial charge in [0.1, 0.15) is 17.5 Å². The molecule has 2 aromatic carbocycles. The third-order valence-electron chi connectivity index (χ3n) is 5.95. The molecule has 1 saturated heterocycles. The number of fused-ring (bicyclic) bond motifs is 1. The molecule has 0 aromatic heterocycles. The lowest BCUT2D eigenvalue weighted by atomic mass is 10.1. The Hall–Kier alpha value is -2.89. The minimum atomic E-state index is -3.83. The van der Waals surface area contributed by atoms with Gasteiger partial charge >= 0.3 is 0 Å². The molecule has 2 aliphatic rings. The van der Waals surface area contributed by atoms with Crippen molar-refractivity contribution in [2.24, 2.45) is 0 Å². The summed E-state index contributed by atoms with van der Waals surface area (Å²) >= 11 is 0. The number of nitrogens with zero attached hydrogens (tertiary/aromatic N) is 4. The van der Waals surface area contributed by atoms with Crippen molar-refractivity contribution in [1.29, 1.82) is 0 Å². The zero-order valence-electron chi connectivity index (χ0n) is 18.7. The standard InChI is InChI=1S/C22H28N4O6S/c1-3-24-16-17(32-22-7-5-4-6-20(22)24)15-23(2)19-9-8-18(14-21(19)26(27)28)33(29,30)25-10-12-31-13-11-25/h4-9,14,17H,3,10-13,15-16H2,1-2H3. The monoisotopic (exact) mass is 476 g/mol. The average Bonchev–Trinajstić information content (AvgIpc) is 2.83. The highest BCUT2D eigenvalue weighted by Crippen LogP contribution is 2.35. The predicted octanol–water partition coefficient (Wildman–Crippen LogP) is 2.34. The topological polar surface area (TPSA) is 105 Å². The fraction of sp³-hybridized carbons (Fsp3) is 0.455. The summed E-state index contributed by atoms with van der Waals surface area (Å²) in [6.07, 6.45) is -0.207. The van der Waals surface area contributed by atoms with Crippen LogP contribution >= 0.6 is 0 Å². The normalized spacial score (nSPS) is 19.0. The van der Waals surface area contributed by atoms with E-state index in [4.69, 9.17) is 9.47 Å². The Morgan fingerprint density at radius 1 is 1.18 bits per heavy atom. The Morgan fingerprint density at radius 3 is 2.61 bits per heavy atom. The van der Waals surface area contributed by atoms with Gasteiger partial charge in [-0.05, 0) is 31.2 Å². The molecular formula is C22H28N4O6S. The van der Waals surface area contributed by atoms with Crippen LogP contribution in [0, 0.1) is 10.1 Å². The first-order valence-corrected chi connectivity index (χ1v) is 12.3. The van der Waals surface area contributed by atoms with Crippen LogP contribution in [0.25, 0.3) is 0 Å². The second-order valence-electron chi connectivity index (χ2n) is 8.05. The number of benzene rings is 2. The number of morpholine rings is 1. The Morgan fingerprint density at radius 2 is 1.91 bits per heavy atom. The van der Waals surface area contributed by atoms with Crippen molar-refractivity contribution in [3.63, 3.8) is 0 Å². The minimum absolute atomic E-state index is 0.0896. The highest BCUT2D eigenvalue weighted by Gasteiger charge is 2.31. The van der Waals surface area contributed by atoms with Crippen molar-refractivity contribution in [3.8, 4) is 5.75 Å². The summed E-state index contributed by atoms with van der Waals surface area (Å²) in [4.78, 5) is 15.2. The van der Waals surface area contributed by atoms with Crippen LogP contribution in [0.3, 0.4) is 0 Å². The largest absolute Gasteiger partial charge is 0.485 e. The molecule has 33 heavy (non-hydrogen) atoms. The number of ether oxygens (including phenoxy) is 2. The Labute approximate surface area is 193 Å². The van der Waals surface area contributed by atoms with Gasteiger partial charge in [0, 0.05) is 32.7 Å². The Balaban J connectivity index is 1.56. The van der Waals surface area contributed by atoms with Crippen LogP contribution in [0.5, 0.6) is 5.75 Å². The van der Waals surface area contributed by atoms with E-state index in [2.05, 4.69) is 11.8 Å². The maximum absolute atomic E-state index is 13.0. The van der Waals surface area contributed by atoms with Crippen molar-refractivity contribution < 1.29 is 22.8 Å². The maximum atomic E-state index is 13.0. The first-order valence-electron chi connectivity index (χ1n) is 10.9. The number of nitro groups is 1. The molecular weight excluding hydrogens is 448 g/mol. The fourth-order valence-electron chi connectivity index (χ4n) is 4.25. The van der Waals surface area contributed by atoms with E-state index in [1.54, 1.807) is 11.9 Å². The molecule has 1 fully saturated rings. The van der Waals surface area contributed by atoms with Gasteiger partial charge in [-0.25, -0.2) is 8.42 Å². The van der Waals surface area contributed by atoms with Crippen LogP contribution in [0.2, 0.25) is 0 Å². The van der Waals surface area contributed by atoms with E-state index in [0.29, 0.717) is 32.0 Å². The van der Waals surface area contributed by atoms with E-state index in [-0.39, 0.29) is 29.8 Å². The van der Waals surface area contributed by atoms with Crippen LogP contribution in [0.4, 0.5) is 17.1 Å². The molecule has 0 N–H and O–H groups in total. The first-order chi connectivity index (χ1) is 15.8. The summed E-state index contributed by atoms with van der Waals surface area (Å²) in [5.74, 6) is 0.783. The minimum Gasteiger partial charge on any atom is -0.485 e. The van der Waals surface area contributed by atoms with Crippen molar-refractivity contribution in [2.75, 3.05) is 62.8 Å². The summed E-state index contributed by atoms with van der Waals surface area (Å²) in [5.41, 5.74) is 1.12. The fourth-order valence-corrected chi connectivity index (χ4v) is 5.67. The van der Waals surface area contributed by atoms with Crippen LogP contribution in [-0.2, 0) is 14.8 Å². The lowest BCUT2D eigenvalue weighted by molar-refractivity contribution is -0.384. The molecule has 4 rings (SSSR count). The third kappa shape index (κ3) is 4.75. The van der Waals surface area contributed by atoms with Crippen LogP contribution in [0.1, 0.15) is 6.92 Å². The first kappa shape index (κ1) is 23.3. The van der Waals surface area contributed by atoms with E-state index in [0.717, 1.165) is 24.0 Å². The summed E-state index contributed by atoms with van der Waals surface area (Å²) in [6, 6.07) is 11.9. The molecule has 10 nitrogen and oxygen atoms in total. The summed E-state index contributed by atoms with van der Waals surface area (Å²) < 4.78 is 38.6. The molecule has 11 heteroatoms. The number of likely N-dealkylation sites (N-methyl/N-ethyl adjacent to an activating group) is 2. The van der Waals surface area contributed by atoms with E-state index >= 15 is 0 Å². The Bertz CT molecular complexity index is 1120. The van der Waals surface area contributed by atoms with Gasteiger partial charge in [-0.1, -0.05) is 12.1 Å². The van der Waals surface area contributed by atoms with Gasteiger partial charge in [-0.3, -0.25) is 10.1 Å². The zero-order chi connectivity index (χ0) is 23.6. The van der Waals surface area contributed by atoms with Crippen LogP contribution < -0.4 is 14.5 Å². The van der Waals surface area contributed by atoms with Crippen LogP contribution in [0.15, 0.2) is 47.4 Å². The van der Waals surface area contributed by atoms with Gasteiger partial charge < -0.3 is 19.3 Å². The molecule has 2 aromatic rings. The number of anilines is 2. The average molecular weight is 477 g/mol. The second kappa shape index (κ2) is 9.54. The third-order valence-corrected chi connectivity index (χ3v) is 7.84. The van der Waals surface area contributed by atoms with E-state index in [1.807, 2.05) is 24.3 Å². The predicted molar refractivity (Wildman–Crippen MR) is 125 cm³/mol. The number of sulfonamides is 1. The molecule has 0 saturated carbocycles. The number of rotatable bonds is 7. The van der Waals surface area contributed by atoms with Gasteiger partial charge in [-0.2, -0.15) is 4.31 Å². The lowest BCUT2D eigenvalue weighted by Crippen LogP contribution is -2.45. The van der Waals surface area contributed by atoms with E-state index in [1.165, 1.54) is 16.4 Å². The summed E-state index contributed by atoms with van der Waals surface area (Å²) in [5, 5.41) is 11.8. The molecule has 0 bridgehead atoms. The maximum Gasteiger partial charge on any atom is 0.293 e. The van der Waals surface area contributed by atoms with Gasteiger partial charge in [-0.15, -0.1) is 0 Å². The lowest BCUT2D eigenvalue weighted by Gasteiger charge is -2.37. The number of hydrogen-bond acceptors (Lipinski definition) is 8. The molecule has 1 atom stereocenters. The van der Waals surface area contributed by atoms with E-state index in [9.17, 15) is 18.5 Å². The Kier molecular flexibility index (Phi) is 6.73. The summed E-state index contributed by atoms with van der Waals surface area (Å²) in [6.45, 7) is 5.01. The van der Waals surface area contributed by atoms with Crippen molar-refractivity contribution in [1.82, 2.24) is 4.31 Å².